The number of ether oxygens (including phenoxy) is 1. The lowest BCUT2D eigenvalue weighted by atomic mass is 9.79. The second kappa shape index (κ2) is 11.7. The molecule has 2 atom stereocenters. The number of amides is 4. The summed E-state index contributed by atoms with van der Waals surface area (Å²) in [6, 6.07) is 3.77. The Morgan fingerprint density at radius 3 is 2.53 bits per heavy atom. The third-order valence-corrected chi connectivity index (χ3v) is 7.68. The van der Waals surface area contributed by atoms with E-state index in [1.165, 1.54) is 11.8 Å². The first-order chi connectivity index (χ1) is 16.9. The summed E-state index contributed by atoms with van der Waals surface area (Å²) in [4.78, 5) is 54.8. The van der Waals surface area contributed by atoms with Crippen molar-refractivity contribution in [3.8, 4) is 0 Å². The Morgan fingerprint density at radius 2 is 1.86 bits per heavy atom. The summed E-state index contributed by atoms with van der Waals surface area (Å²) < 4.78 is 5.45. The molecule has 9 nitrogen and oxygen atoms in total. The quantitative estimate of drug-likeness (QED) is 0.549. The van der Waals surface area contributed by atoms with Gasteiger partial charge in [0.1, 0.15) is 12.1 Å². The number of hydrogen-bond donors (Lipinski definition) is 1. The van der Waals surface area contributed by atoms with Crippen molar-refractivity contribution < 1.29 is 23.9 Å². The minimum atomic E-state index is -0.633. The maximum Gasteiger partial charge on any atom is 0.322 e. The van der Waals surface area contributed by atoms with Crippen molar-refractivity contribution in [2.75, 3.05) is 38.0 Å². The summed E-state index contributed by atoms with van der Waals surface area (Å²) in [6.07, 6.45) is 1.23. The summed E-state index contributed by atoms with van der Waals surface area (Å²) in [5.74, 6) is -0.518. The van der Waals surface area contributed by atoms with Crippen LogP contribution >= 0.6 is 23.2 Å². The number of nitrogens with one attached hydrogen (secondary N) is 1. The van der Waals surface area contributed by atoms with Gasteiger partial charge in [0.2, 0.25) is 11.8 Å². The van der Waals surface area contributed by atoms with Gasteiger partial charge in [-0.05, 0) is 38.0 Å². The highest BCUT2D eigenvalue weighted by Gasteiger charge is 2.39. The maximum atomic E-state index is 12.9. The van der Waals surface area contributed by atoms with E-state index in [0.717, 1.165) is 6.42 Å². The van der Waals surface area contributed by atoms with Gasteiger partial charge in [-0.1, -0.05) is 37.0 Å². The van der Waals surface area contributed by atoms with E-state index in [1.807, 2.05) is 13.8 Å². The largest absolute Gasteiger partial charge is 0.460 e. The Balaban J connectivity index is 1.47. The van der Waals surface area contributed by atoms with Crippen LogP contribution in [0.3, 0.4) is 0 Å². The third-order valence-electron chi connectivity index (χ3n) is 6.94. The van der Waals surface area contributed by atoms with Gasteiger partial charge in [-0.15, -0.1) is 0 Å². The van der Waals surface area contributed by atoms with Gasteiger partial charge in [0.25, 0.3) is 0 Å². The van der Waals surface area contributed by atoms with Gasteiger partial charge in [-0.3, -0.25) is 14.4 Å². The lowest BCUT2D eigenvalue weighted by molar-refractivity contribution is -0.161. The van der Waals surface area contributed by atoms with Crippen molar-refractivity contribution in [2.45, 2.75) is 59.1 Å². The van der Waals surface area contributed by atoms with Crippen LogP contribution in [0.4, 0.5) is 10.5 Å². The number of halogens is 2. The van der Waals surface area contributed by atoms with Crippen molar-refractivity contribution in [2.24, 2.45) is 5.41 Å². The number of nitrogens with zero attached hydrogens (tertiary/aromatic N) is 3. The van der Waals surface area contributed by atoms with Crippen LogP contribution in [-0.2, 0) is 19.1 Å². The molecule has 4 amide bonds. The van der Waals surface area contributed by atoms with Crippen LogP contribution in [-0.4, -0.2) is 83.4 Å². The van der Waals surface area contributed by atoms with Crippen molar-refractivity contribution in [1.82, 2.24) is 14.7 Å². The number of piperidine rings is 1. The van der Waals surface area contributed by atoms with E-state index in [-0.39, 0.29) is 35.3 Å². The predicted octanol–water partition coefficient (Wildman–Crippen LogP) is 4.03. The van der Waals surface area contributed by atoms with Crippen LogP contribution in [0.25, 0.3) is 0 Å². The lowest BCUT2D eigenvalue weighted by Crippen LogP contribution is -2.58. The molecule has 0 spiro atoms. The van der Waals surface area contributed by atoms with E-state index in [2.05, 4.69) is 5.32 Å². The monoisotopic (exact) mass is 540 g/mol. The molecule has 198 valence electrons. The fraction of sp³-hybridized carbons (Fsp3) is 0.600. The van der Waals surface area contributed by atoms with Crippen LogP contribution in [0.5, 0.6) is 0 Å². The molecule has 0 radical (unpaired) electrons. The Bertz CT molecular complexity index is 1020. The van der Waals surface area contributed by atoms with Gasteiger partial charge < -0.3 is 24.8 Å². The van der Waals surface area contributed by atoms with Crippen molar-refractivity contribution in [1.29, 1.82) is 0 Å². The molecule has 11 heteroatoms. The molecule has 2 saturated heterocycles. The molecule has 2 aliphatic heterocycles. The van der Waals surface area contributed by atoms with Gasteiger partial charge in [0.15, 0.2) is 0 Å². The molecule has 3 rings (SSSR count). The predicted molar refractivity (Wildman–Crippen MR) is 138 cm³/mol. The van der Waals surface area contributed by atoms with Gasteiger partial charge >= 0.3 is 12.0 Å². The number of esters is 1. The smallest absolute Gasteiger partial charge is 0.322 e. The van der Waals surface area contributed by atoms with Crippen LogP contribution in [0.2, 0.25) is 10.0 Å². The Labute approximate surface area is 222 Å². The molecule has 2 fully saturated rings. The Kier molecular flexibility index (Phi) is 9.11. The lowest BCUT2D eigenvalue weighted by Gasteiger charge is -2.43. The second-order valence-electron chi connectivity index (χ2n) is 10.0. The zero-order valence-electron chi connectivity index (χ0n) is 21.2. The molecule has 0 unspecified atom stereocenters. The number of hydrogen-bond acceptors (Lipinski definition) is 5. The summed E-state index contributed by atoms with van der Waals surface area (Å²) in [6.45, 7) is 9.35. The minimum Gasteiger partial charge on any atom is -0.460 e. The second-order valence-corrected chi connectivity index (χ2v) is 10.8. The standard InChI is InChI=1S/C25H34Cl2N4O5/c1-16-23(34)29(12-13-31(16)24(35)28-18-7-8-19(26)20(27)14-18)10-5-6-22(33)30-11-9-25(3,4)21(15-30)36-17(2)32/h7-8,14,16,21H,5-6,9-13,15H2,1-4H3,(H,28,35)/t16-,21+/m0/s1. The molecule has 1 aromatic rings. The highest BCUT2D eigenvalue weighted by Crippen LogP contribution is 2.33. The molecule has 0 aliphatic carbocycles. The van der Waals surface area contributed by atoms with Gasteiger partial charge in [0.05, 0.1) is 16.6 Å². The molecule has 0 saturated carbocycles. The first kappa shape index (κ1) is 28.1. The van der Waals surface area contributed by atoms with E-state index in [0.29, 0.717) is 61.3 Å². The fourth-order valence-corrected chi connectivity index (χ4v) is 4.82. The number of anilines is 1. The molecule has 0 bridgehead atoms. The topological polar surface area (TPSA) is 99.3 Å². The van der Waals surface area contributed by atoms with Crippen LogP contribution < -0.4 is 5.32 Å². The maximum absolute atomic E-state index is 12.9. The van der Waals surface area contributed by atoms with E-state index in [9.17, 15) is 19.2 Å². The summed E-state index contributed by atoms with van der Waals surface area (Å²) in [5.41, 5.74) is 0.309. The van der Waals surface area contributed by atoms with Crippen LogP contribution in [0.15, 0.2) is 18.2 Å². The molecule has 1 aromatic carbocycles. The molecule has 2 heterocycles. The van der Waals surface area contributed by atoms with E-state index in [4.69, 9.17) is 27.9 Å². The molecular formula is C25H34Cl2N4O5. The van der Waals surface area contributed by atoms with Gasteiger partial charge in [0, 0.05) is 50.6 Å². The molecule has 36 heavy (non-hydrogen) atoms. The van der Waals surface area contributed by atoms with E-state index < -0.39 is 6.04 Å². The van der Waals surface area contributed by atoms with E-state index in [1.54, 1.807) is 34.9 Å². The average Bonchev–Trinajstić information content (AvgIpc) is 2.80. The average molecular weight is 541 g/mol. The first-order valence-corrected chi connectivity index (χ1v) is 12.9. The molecule has 2 aliphatic rings. The van der Waals surface area contributed by atoms with Crippen molar-refractivity contribution >= 4 is 52.7 Å². The number of benzene rings is 1. The van der Waals surface area contributed by atoms with Crippen LogP contribution in [0, 0.1) is 5.41 Å². The summed E-state index contributed by atoms with van der Waals surface area (Å²) in [7, 11) is 0. The zero-order chi connectivity index (χ0) is 26.6. The molecule has 0 aromatic heterocycles. The summed E-state index contributed by atoms with van der Waals surface area (Å²) in [5, 5.41) is 3.47. The number of urea groups is 1. The first-order valence-electron chi connectivity index (χ1n) is 12.2. The Hall–Kier alpha value is -2.52. The minimum absolute atomic E-state index is 0.0113. The zero-order valence-corrected chi connectivity index (χ0v) is 22.7. The van der Waals surface area contributed by atoms with E-state index >= 15 is 0 Å². The third kappa shape index (κ3) is 6.82. The highest BCUT2D eigenvalue weighted by molar-refractivity contribution is 6.42. The molecule has 1 N–H and O–H groups in total. The van der Waals surface area contributed by atoms with Gasteiger partial charge in [-0.2, -0.15) is 0 Å². The van der Waals surface area contributed by atoms with Crippen molar-refractivity contribution in [3.05, 3.63) is 28.2 Å². The normalized spacial score (nSPS) is 21.8. The van der Waals surface area contributed by atoms with Crippen LogP contribution in [0.1, 0.15) is 47.0 Å². The number of likely N-dealkylation sites (tertiary alicyclic amines) is 1. The number of carbonyl (C=O) groups is 4. The SMILES string of the molecule is CC(=O)O[C@@H]1CN(C(=O)CCCN2CCN(C(=O)Nc3ccc(Cl)c(Cl)c3)[C@@H](C)C2=O)CCC1(C)C. The summed E-state index contributed by atoms with van der Waals surface area (Å²) >= 11 is 11.9. The van der Waals surface area contributed by atoms with Crippen molar-refractivity contribution in [3.63, 3.8) is 0 Å². The number of piperazine rings is 1. The number of carbonyl (C=O) groups excluding carboxylic acids is 4. The number of rotatable bonds is 6. The fourth-order valence-electron chi connectivity index (χ4n) is 4.52. The van der Waals surface area contributed by atoms with Gasteiger partial charge in [-0.25, -0.2) is 4.79 Å². The highest BCUT2D eigenvalue weighted by atomic mass is 35.5. The Morgan fingerprint density at radius 1 is 1.14 bits per heavy atom. The molecular weight excluding hydrogens is 507 g/mol.